The molecule has 0 radical (unpaired) electrons. The van der Waals surface area contributed by atoms with Crippen molar-refractivity contribution in [3.63, 3.8) is 0 Å². The van der Waals surface area contributed by atoms with Crippen LogP contribution in [0, 0.1) is 12.7 Å². The van der Waals surface area contributed by atoms with E-state index in [2.05, 4.69) is 5.10 Å². The van der Waals surface area contributed by atoms with Gasteiger partial charge in [-0.05, 0) is 56.4 Å². The van der Waals surface area contributed by atoms with Crippen LogP contribution in [0.3, 0.4) is 0 Å². The van der Waals surface area contributed by atoms with Crippen molar-refractivity contribution in [3.8, 4) is 5.75 Å². The van der Waals surface area contributed by atoms with E-state index in [4.69, 9.17) is 9.84 Å². The number of aryl methyl sites for hydroxylation is 1. The number of carbonyl (C=O) groups is 3. The Morgan fingerprint density at radius 2 is 1.64 bits per heavy atom. The fourth-order valence-electron chi connectivity index (χ4n) is 5.76. The van der Waals surface area contributed by atoms with Crippen LogP contribution in [0.25, 0.3) is 0 Å². The molecule has 2 aliphatic heterocycles. The van der Waals surface area contributed by atoms with Gasteiger partial charge >= 0.3 is 0 Å². The number of aliphatic hydroxyl groups excluding tert-OH is 1. The van der Waals surface area contributed by atoms with E-state index in [9.17, 15) is 18.8 Å². The quantitative estimate of drug-likeness (QED) is 0.595. The van der Waals surface area contributed by atoms with Crippen molar-refractivity contribution in [2.24, 2.45) is 0 Å². The number of carbonyl (C=O) groups excluding carboxylic acids is 3. The normalized spacial score (nSPS) is 18.2. The van der Waals surface area contributed by atoms with E-state index in [-0.39, 0.29) is 36.2 Å². The van der Waals surface area contributed by atoms with Crippen LogP contribution in [0.15, 0.2) is 18.2 Å². The van der Waals surface area contributed by atoms with Crippen LogP contribution in [0.2, 0.25) is 0 Å². The van der Waals surface area contributed by atoms with E-state index in [1.54, 1.807) is 20.5 Å². The van der Waals surface area contributed by atoms with Crippen LogP contribution in [0.1, 0.15) is 53.0 Å². The van der Waals surface area contributed by atoms with Gasteiger partial charge in [-0.2, -0.15) is 5.10 Å². The number of piperidine rings is 1. The second-order valence-corrected chi connectivity index (χ2v) is 10.6. The van der Waals surface area contributed by atoms with E-state index in [1.807, 2.05) is 11.8 Å². The first kappa shape index (κ1) is 27.1. The Morgan fingerprint density at radius 3 is 2.33 bits per heavy atom. The number of hydrogen-bond donors (Lipinski definition) is 1. The summed E-state index contributed by atoms with van der Waals surface area (Å²) in [6.45, 7) is 4.05. The molecule has 0 atom stereocenters. The molecular formula is C28H36FN5O5. The molecule has 1 aromatic carbocycles. The van der Waals surface area contributed by atoms with Crippen LogP contribution >= 0.6 is 0 Å². The number of halogens is 1. The number of piperazine rings is 1. The molecule has 1 N–H and O–H groups in total. The largest absolute Gasteiger partial charge is 0.490 e. The minimum absolute atomic E-state index is 0.0302. The highest BCUT2D eigenvalue weighted by Gasteiger charge is 2.32. The van der Waals surface area contributed by atoms with Crippen molar-refractivity contribution < 1.29 is 28.6 Å². The van der Waals surface area contributed by atoms with Gasteiger partial charge in [0.2, 0.25) is 11.8 Å². The number of likely N-dealkylation sites (tertiary alicyclic amines) is 1. The van der Waals surface area contributed by atoms with Gasteiger partial charge in [0.25, 0.3) is 5.91 Å². The molecule has 2 fully saturated rings. The second-order valence-electron chi connectivity index (χ2n) is 10.6. The van der Waals surface area contributed by atoms with Crippen molar-refractivity contribution in [2.45, 2.75) is 58.1 Å². The summed E-state index contributed by atoms with van der Waals surface area (Å²) in [4.78, 5) is 43.5. The number of aromatic nitrogens is 2. The molecule has 1 aliphatic carbocycles. The Kier molecular flexibility index (Phi) is 8.15. The third kappa shape index (κ3) is 5.93. The van der Waals surface area contributed by atoms with Gasteiger partial charge in [-0.3, -0.25) is 19.1 Å². The highest BCUT2D eigenvalue weighted by Crippen LogP contribution is 2.27. The molecule has 210 valence electrons. The maximum absolute atomic E-state index is 13.4. The minimum atomic E-state index is -0.529. The minimum Gasteiger partial charge on any atom is -0.490 e. The zero-order valence-electron chi connectivity index (χ0n) is 22.4. The second kappa shape index (κ2) is 11.7. The fraction of sp³-hybridized carbons (Fsp3) is 0.571. The van der Waals surface area contributed by atoms with Gasteiger partial charge in [-0.25, -0.2) is 4.39 Å². The van der Waals surface area contributed by atoms with Gasteiger partial charge < -0.3 is 24.5 Å². The zero-order chi connectivity index (χ0) is 27.5. The molecule has 10 nitrogen and oxygen atoms in total. The maximum Gasteiger partial charge on any atom is 0.274 e. The number of ether oxygens (including phenoxy) is 1. The van der Waals surface area contributed by atoms with Crippen molar-refractivity contribution in [3.05, 3.63) is 46.5 Å². The van der Waals surface area contributed by atoms with Crippen molar-refractivity contribution in [1.29, 1.82) is 0 Å². The zero-order valence-corrected chi connectivity index (χ0v) is 22.4. The van der Waals surface area contributed by atoms with E-state index >= 15 is 0 Å². The van der Waals surface area contributed by atoms with Crippen molar-refractivity contribution in [2.75, 3.05) is 45.9 Å². The number of fused-ring (bicyclic) bond motifs is 1. The molecule has 5 rings (SSSR count). The highest BCUT2D eigenvalue weighted by molar-refractivity contribution is 5.94. The molecule has 2 aromatic rings. The standard InChI is InChI=1S/C28H36FN5O5/c1-19-16-20(29)6-7-24(19)39-21-8-10-31(11-9-21)25(36)17-34-23-5-3-2-4-22(23)27(30-34)28(38)33-14-12-32(13-15-33)26(37)18-35/h6-7,16,21,35H,2-5,8-15,17-18H2,1H3. The summed E-state index contributed by atoms with van der Waals surface area (Å²) in [6.07, 6.45) is 4.87. The predicted molar refractivity (Wildman–Crippen MR) is 140 cm³/mol. The topological polar surface area (TPSA) is 108 Å². The number of aliphatic hydroxyl groups is 1. The first-order valence-electron chi connectivity index (χ1n) is 13.8. The first-order chi connectivity index (χ1) is 18.8. The van der Waals surface area contributed by atoms with Crippen LogP contribution in [-0.2, 0) is 29.0 Å². The molecule has 0 saturated carbocycles. The van der Waals surface area contributed by atoms with Crippen LogP contribution in [-0.4, -0.2) is 99.3 Å². The molecule has 3 heterocycles. The van der Waals surface area contributed by atoms with E-state index in [0.717, 1.165) is 42.5 Å². The summed E-state index contributed by atoms with van der Waals surface area (Å²) in [5.74, 6) is -0.142. The fourth-order valence-corrected chi connectivity index (χ4v) is 5.76. The average molecular weight is 542 g/mol. The van der Waals surface area contributed by atoms with Gasteiger partial charge in [0.15, 0.2) is 5.69 Å². The van der Waals surface area contributed by atoms with Crippen LogP contribution < -0.4 is 4.74 Å². The van der Waals surface area contributed by atoms with Gasteiger partial charge in [-0.1, -0.05) is 0 Å². The number of benzene rings is 1. The summed E-state index contributed by atoms with van der Waals surface area (Å²) in [5.41, 5.74) is 3.08. The molecule has 0 spiro atoms. The van der Waals surface area contributed by atoms with Crippen LogP contribution in [0.4, 0.5) is 4.39 Å². The van der Waals surface area contributed by atoms with E-state index < -0.39 is 6.61 Å². The Balaban J connectivity index is 1.20. The Labute approximate surface area is 227 Å². The van der Waals surface area contributed by atoms with Gasteiger partial charge in [0.05, 0.1) is 0 Å². The molecule has 0 unspecified atom stereocenters. The molecule has 2 saturated heterocycles. The lowest BCUT2D eigenvalue weighted by molar-refractivity contribution is -0.135. The third-order valence-electron chi connectivity index (χ3n) is 8.02. The molecule has 3 amide bonds. The Bertz CT molecular complexity index is 1230. The number of nitrogens with zero attached hydrogens (tertiary/aromatic N) is 5. The Morgan fingerprint density at radius 1 is 0.974 bits per heavy atom. The average Bonchev–Trinajstić information content (AvgIpc) is 3.32. The van der Waals surface area contributed by atoms with E-state index in [0.29, 0.717) is 63.6 Å². The molecule has 0 bridgehead atoms. The van der Waals surface area contributed by atoms with Gasteiger partial charge in [-0.15, -0.1) is 0 Å². The van der Waals surface area contributed by atoms with Crippen molar-refractivity contribution in [1.82, 2.24) is 24.5 Å². The lowest BCUT2D eigenvalue weighted by Crippen LogP contribution is -2.51. The summed E-state index contributed by atoms with van der Waals surface area (Å²) in [7, 11) is 0. The Hall–Kier alpha value is -3.47. The summed E-state index contributed by atoms with van der Waals surface area (Å²) >= 11 is 0. The van der Waals surface area contributed by atoms with Crippen molar-refractivity contribution >= 4 is 17.7 Å². The molecule has 39 heavy (non-hydrogen) atoms. The first-order valence-corrected chi connectivity index (χ1v) is 13.8. The highest BCUT2D eigenvalue weighted by atomic mass is 19.1. The third-order valence-corrected chi connectivity index (χ3v) is 8.02. The summed E-state index contributed by atoms with van der Waals surface area (Å²) in [6, 6.07) is 4.50. The number of hydrogen-bond acceptors (Lipinski definition) is 6. The molecule has 3 aliphatic rings. The van der Waals surface area contributed by atoms with Crippen LogP contribution in [0.5, 0.6) is 5.75 Å². The molecule has 1 aromatic heterocycles. The lowest BCUT2D eigenvalue weighted by atomic mass is 9.95. The monoisotopic (exact) mass is 541 g/mol. The number of amides is 3. The lowest BCUT2D eigenvalue weighted by Gasteiger charge is -2.34. The van der Waals surface area contributed by atoms with Gasteiger partial charge in [0.1, 0.15) is 30.8 Å². The molecular weight excluding hydrogens is 505 g/mol. The van der Waals surface area contributed by atoms with E-state index in [1.165, 1.54) is 12.1 Å². The summed E-state index contributed by atoms with van der Waals surface area (Å²) < 4.78 is 21.2. The maximum atomic E-state index is 13.4. The summed E-state index contributed by atoms with van der Waals surface area (Å²) in [5, 5.41) is 13.8. The number of rotatable bonds is 6. The SMILES string of the molecule is Cc1cc(F)ccc1OC1CCN(C(=O)Cn2nc(C(=O)N3CCN(C(=O)CO)CC3)c3c2CCCC3)CC1. The predicted octanol–water partition coefficient (Wildman–Crippen LogP) is 1.56. The van der Waals surface area contributed by atoms with Gasteiger partial charge in [0, 0.05) is 63.4 Å². The molecule has 11 heteroatoms. The smallest absolute Gasteiger partial charge is 0.274 e.